The lowest BCUT2D eigenvalue weighted by Crippen LogP contribution is -2.32. The number of allylic oxidation sites excluding steroid dienone is 2. The van der Waals surface area contributed by atoms with Gasteiger partial charge < -0.3 is 9.47 Å². The molecule has 0 aromatic rings. The zero-order valence-electron chi connectivity index (χ0n) is 8.87. The fraction of sp³-hybridized carbons (Fsp3) is 0.545. The van der Waals surface area contributed by atoms with Gasteiger partial charge >= 0.3 is 6.16 Å². The summed E-state index contributed by atoms with van der Waals surface area (Å²) in [6.07, 6.45) is 6.36. The second-order valence-corrected chi connectivity index (χ2v) is 3.91. The second-order valence-electron chi connectivity index (χ2n) is 3.91. The van der Waals surface area contributed by atoms with Gasteiger partial charge in [0.05, 0.1) is 6.26 Å². The monoisotopic (exact) mass is 196 g/mol. The Morgan fingerprint density at radius 1 is 1.57 bits per heavy atom. The highest BCUT2D eigenvalue weighted by atomic mass is 16.7. The second kappa shape index (κ2) is 4.31. The molecule has 0 aliphatic carbocycles. The molecule has 1 unspecified atom stereocenters. The third kappa shape index (κ3) is 3.24. The standard InChI is InChI=1S/C11H16O3/c1-9(2)5-4-6-11(3)7-8-13-10(12)14-11/h5,7-8H,4,6H2,1-3H3. The van der Waals surface area contributed by atoms with E-state index in [0.29, 0.717) is 0 Å². The van der Waals surface area contributed by atoms with Crippen molar-refractivity contribution in [2.24, 2.45) is 0 Å². The zero-order valence-corrected chi connectivity index (χ0v) is 8.87. The van der Waals surface area contributed by atoms with E-state index in [1.165, 1.54) is 11.8 Å². The predicted octanol–water partition coefficient (Wildman–Crippen LogP) is 3.17. The lowest BCUT2D eigenvalue weighted by atomic mass is 9.99. The summed E-state index contributed by atoms with van der Waals surface area (Å²) < 4.78 is 9.62. The third-order valence-corrected chi connectivity index (χ3v) is 2.09. The molecule has 3 heteroatoms. The lowest BCUT2D eigenvalue weighted by Gasteiger charge is -2.27. The van der Waals surface area contributed by atoms with Crippen molar-refractivity contribution in [1.82, 2.24) is 0 Å². The average Bonchev–Trinajstić information content (AvgIpc) is 2.01. The Kier molecular flexibility index (Phi) is 3.33. The van der Waals surface area contributed by atoms with E-state index in [0.717, 1.165) is 12.8 Å². The Morgan fingerprint density at radius 2 is 2.29 bits per heavy atom. The molecule has 0 saturated carbocycles. The first-order valence-electron chi connectivity index (χ1n) is 4.72. The highest BCUT2D eigenvalue weighted by Crippen LogP contribution is 2.24. The molecule has 0 aromatic heterocycles. The van der Waals surface area contributed by atoms with Crippen LogP contribution in [0.15, 0.2) is 24.0 Å². The van der Waals surface area contributed by atoms with E-state index in [4.69, 9.17) is 4.74 Å². The van der Waals surface area contributed by atoms with Crippen LogP contribution in [0, 0.1) is 0 Å². The molecule has 0 fully saturated rings. The Bertz CT molecular complexity index is 274. The van der Waals surface area contributed by atoms with E-state index in [2.05, 4.69) is 10.8 Å². The van der Waals surface area contributed by atoms with Crippen molar-refractivity contribution in [3.05, 3.63) is 24.0 Å². The summed E-state index contributed by atoms with van der Waals surface area (Å²) in [5, 5.41) is 0. The van der Waals surface area contributed by atoms with Crippen LogP contribution >= 0.6 is 0 Å². The first-order chi connectivity index (χ1) is 6.52. The van der Waals surface area contributed by atoms with Crippen LogP contribution < -0.4 is 0 Å². The molecule has 78 valence electrons. The Labute approximate surface area is 84.4 Å². The van der Waals surface area contributed by atoms with Crippen LogP contribution in [0.5, 0.6) is 0 Å². The number of hydrogen-bond acceptors (Lipinski definition) is 3. The van der Waals surface area contributed by atoms with Crippen molar-refractivity contribution >= 4 is 6.16 Å². The van der Waals surface area contributed by atoms with Gasteiger partial charge in [0.25, 0.3) is 0 Å². The van der Waals surface area contributed by atoms with Gasteiger partial charge in [-0.15, -0.1) is 0 Å². The van der Waals surface area contributed by atoms with E-state index in [9.17, 15) is 4.79 Å². The maximum absolute atomic E-state index is 10.9. The molecule has 3 nitrogen and oxygen atoms in total. The fourth-order valence-corrected chi connectivity index (χ4v) is 1.26. The number of rotatable bonds is 3. The summed E-state index contributed by atoms with van der Waals surface area (Å²) in [4.78, 5) is 10.9. The summed E-state index contributed by atoms with van der Waals surface area (Å²) in [6, 6.07) is 0. The van der Waals surface area contributed by atoms with Gasteiger partial charge in [-0.1, -0.05) is 11.6 Å². The van der Waals surface area contributed by atoms with Crippen LogP contribution in [0.4, 0.5) is 4.79 Å². The predicted molar refractivity (Wildman–Crippen MR) is 53.8 cm³/mol. The molecule has 1 aliphatic rings. The van der Waals surface area contributed by atoms with Crippen LogP contribution in [0.25, 0.3) is 0 Å². The van der Waals surface area contributed by atoms with Crippen molar-refractivity contribution < 1.29 is 14.3 Å². The fourth-order valence-electron chi connectivity index (χ4n) is 1.26. The lowest BCUT2D eigenvalue weighted by molar-refractivity contribution is -0.00265. The van der Waals surface area contributed by atoms with E-state index in [1.54, 1.807) is 6.08 Å². The van der Waals surface area contributed by atoms with E-state index in [1.807, 2.05) is 20.8 Å². The van der Waals surface area contributed by atoms with Crippen LogP contribution in [-0.2, 0) is 9.47 Å². The Hall–Kier alpha value is -1.25. The maximum atomic E-state index is 10.9. The van der Waals surface area contributed by atoms with E-state index >= 15 is 0 Å². The topological polar surface area (TPSA) is 35.5 Å². The minimum Gasteiger partial charge on any atom is -0.423 e. The molecule has 1 aliphatic heterocycles. The van der Waals surface area contributed by atoms with Gasteiger partial charge in [0.15, 0.2) is 0 Å². The molecule has 0 radical (unpaired) electrons. The SMILES string of the molecule is CC(C)=CCCC1(C)C=COC(=O)O1. The number of ether oxygens (including phenoxy) is 2. The normalized spacial score (nSPS) is 25.2. The van der Waals surface area contributed by atoms with Crippen LogP contribution in [0.1, 0.15) is 33.6 Å². The van der Waals surface area contributed by atoms with Crippen LogP contribution in [0.3, 0.4) is 0 Å². The van der Waals surface area contributed by atoms with Gasteiger partial charge in [-0.25, -0.2) is 4.79 Å². The molecule has 1 heterocycles. The first kappa shape index (κ1) is 10.8. The molecule has 0 saturated heterocycles. The summed E-state index contributed by atoms with van der Waals surface area (Å²) in [5.41, 5.74) is 0.761. The van der Waals surface area contributed by atoms with Gasteiger partial charge in [0.1, 0.15) is 5.60 Å². The highest BCUT2D eigenvalue weighted by molar-refractivity contribution is 5.62. The molecule has 14 heavy (non-hydrogen) atoms. The van der Waals surface area contributed by atoms with Crippen molar-refractivity contribution in [3.8, 4) is 0 Å². The smallest absolute Gasteiger partial charge is 0.423 e. The van der Waals surface area contributed by atoms with Gasteiger partial charge in [-0.2, -0.15) is 0 Å². The number of carbonyl (C=O) groups excluding carboxylic acids is 1. The highest BCUT2D eigenvalue weighted by Gasteiger charge is 2.29. The first-order valence-corrected chi connectivity index (χ1v) is 4.72. The van der Waals surface area contributed by atoms with Crippen molar-refractivity contribution in [2.75, 3.05) is 0 Å². The van der Waals surface area contributed by atoms with Gasteiger partial charge in [0.2, 0.25) is 0 Å². The molecule has 0 spiro atoms. The molecule has 0 bridgehead atoms. The van der Waals surface area contributed by atoms with Gasteiger partial charge in [0, 0.05) is 0 Å². The van der Waals surface area contributed by atoms with E-state index in [-0.39, 0.29) is 0 Å². The molecule has 0 aromatic carbocycles. The molecule has 1 atom stereocenters. The summed E-state index contributed by atoms with van der Waals surface area (Å²) in [5.74, 6) is 0. The van der Waals surface area contributed by atoms with Crippen molar-refractivity contribution in [1.29, 1.82) is 0 Å². The zero-order chi connectivity index (χ0) is 10.6. The summed E-state index contributed by atoms with van der Waals surface area (Å²) in [7, 11) is 0. The summed E-state index contributed by atoms with van der Waals surface area (Å²) in [6.45, 7) is 5.98. The Morgan fingerprint density at radius 3 is 2.86 bits per heavy atom. The Balaban J connectivity index is 2.49. The van der Waals surface area contributed by atoms with E-state index < -0.39 is 11.8 Å². The quantitative estimate of drug-likeness (QED) is 0.513. The van der Waals surface area contributed by atoms with Crippen LogP contribution in [0.2, 0.25) is 0 Å². The maximum Gasteiger partial charge on any atom is 0.514 e. The number of hydrogen-bond donors (Lipinski definition) is 0. The van der Waals surface area contributed by atoms with Crippen molar-refractivity contribution in [3.63, 3.8) is 0 Å². The van der Waals surface area contributed by atoms with Crippen LogP contribution in [-0.4, -0.2) is 11.8 Å². The van der Waals surface area contributed by atoms with Gasteiger partial charge in [-0.3, -0.25) is 0 Å². The number of cyclic esters (lactones) is 2. The largest absolute Gasteiger partial charge is 0.514 e. The average molecular weight is 196 g/mol. The molecule has 1 rings (SSSR count). The molecule has 0 N–H and O–H groups in total. The molecule has 0 amide bonds. The molecular formula is C11H16O3. The molecular weight excluding hydrogens is 180 g/mol. The van der Waals surface area contributed by atoms with Crippen molar-refractivity contribution in [2.45, 2.75) is 39.2 Å². The number of carbonyl (C=O) groups is 1. The third-order valence-electron chi connectivity index (χ3n) is 2.09. The minimum absolute atomic E-state index is 0.513. The van der Waals surface area contributed by atoms with Gasteiger partial charge in [-0.05, 0) is 39.7 Å². The summed E-state index contributed by atoms with van der Waals surface area (Å²) >= 11 is 0. The minimum atomic E-state index is -0.618.